The largest absolute Gasteiger partial charge is 0.336 e. The smallest absolute Gasteiger partial charge is 0.322 e. The number of carbonyl (C=O) groups excluding carboxylic acids is 2. The fraction of sp³-hybridized carbons (Fsp3) is 0.524. The van der Waals surface area contributed by atoms with Gasteiger partial charge in [0.1, 0.15) is 4.21 Å². The molecule has 3 amide bonds. The van der Waals surface area contributed by atoms with Gasteiger partial charge in [0.25, 0.3) is 15.9 Å². The minimum atomic E-state index is -3.53. The summed E-state index contributed by atoms with van der Waals surface area (Å²) in [5.41, 5.74) is 0. The van der Waals surface area contributed by atoms with Crippen LogP contribution in [0.15, 0.2) is 33.9 Å². The van der Waals surface area contributed by atoms with Gasteiger partial charge in [-0.3, -0.25) is 10.1 Å². The Morgan fingerprint density at radius 3 is 2.28 bits per heavy atom. The second-order valence-corrected chi connectivity index (χ2v) is 12.2. The molecule has 2 aromatic heterocycles. The second-order valence-electron chi connectivity index (χ2n) is 7.98. The maximum absolute atomic E-state index is 13.0. The van der Waals surface area contributed by atoms with Crippen LogP contribution in [0.5, 0.6) is 0 Å². The highest BCUT2D eigenvalue weighted by Gasteiger charge is 2.28. The molecule has 8 nitrogen and oxygen atoms in total. The van der Waals surface area contributed by atoms with Crippen LogP contribution in [0.25, 0.3) is 0 Å². The first-order chi connectivity index (χ1) is 15.4. The molecule has 0 spiro atoms. The highest BCUT2D eigenvalue weighted by Crippen LogP contribution is 2.30. The third-order valence-electron chi connectivity index (χ3n) is 5.77. The molecule has 0 bridgehead atoms. The van der Waals surface area contributed by atoms with Crippen molar-refractivity contribution in [3.8, 4) is 0 Å². The van der Waals surface area contributed by atoms with Crippen molar-refractivity contribution in [1.82, 2.24) is 14.1 Å². The van der Waals surface area contributed by atoms with Gasteiger partial charge < -0.3 is 9.80 Å². The monoisotopic (exact) mass is 496 g/mol. The fourth-order valence-electron chi connectivity index (χ4n) is 4.00. The quantitative estimate of drug-likeness (QED) is 0.698. The van der Waals surface area contributed by atoms with Crippen molar-refractivity contribution in [2.45, 2.75) is 36.3 Å². The maximum Gasteiger partial charge on any atom is 0.322 e. The number of nitrogens with zero attached hydrogens (tertiary/aromatic N) is 3. The lowest BCUT2D eigenvalue weighted by molar-refractivity contribution is 0.0767. The Hall–Kier alpha value is -1.95. The Morgan fingerprint density at radius 1 is 0.844 bits per heavy atom. The van der Waals surface area contributed by atoms with Crippen LogP contribution in [0.3, 0.4) is 0 Å². The highest BCUT2D eigenvalue weighted by atomic mass is 32.2. The topological polar surface area (TPSA) is 90.0 Å². The molecule has 0 saturated carbocycles. The number of carbonyl (C=O) groups is 2. The first kappa shape index (κ1) is 23.2. The van der Waals surface area contributed by atoms with Crippen molar-refractivity contribution >= 4 is 49.6 Å². The van der Waals surface area contributed by atoms with Crippen LogP contribution in [-0.2, 0) is 10.0 Å². The third-order valence-corrected chi connectivity index (χ3v) is 10.00. The lowest BCUT2D eigenvalue weighted by atomic mass is 10.2. The number of nitrogens with one attached hydrogen (secondary N) is 1. The van der Waals surface area contributed by atoms with Crippen LogP contribution in [0.2, 0.25) is 0 Å². The van der Waals surface area contributed by atoms with Gasteiger partial charge in [0.05, 0.1) is 9.88 Å². The third kappa shape index (κ3) is 5.33. The van der Waals surface area contributed by atoms with E-state index in [2.05, 4.69) is 5.32 Å². The van der Waals surface area contributed by atoms with Crippen molar-refractivity contribution < 1.29 is 18.0 Å². The van der Waals surface area contributed by atoms with Crippen LogP contribution in [0.1, 0.15) is 41.8 Å². The molecular weight excluding hydrogens is 468 g/mol. The molecule has 0 atom stereocenters. The minimum Gasteiger partial charge on any atom is -0.336 e. The van der Waals surface area contributed by atoms with Gasteiger partial charge in [-0.25, -0.2) is 13.2 Å². The average Bonchev–Trinajstić information content (AvgIpc) is 3.32. The van der Waals surface area contributed by atoms with E-state index in [1.54, 1.807) is 26.2 Å². The zero-order valence-electron chi connectivity index (χ0n) is 17.9. The molecule has 0 aromatic carbocycles. The number of sulfonamides is 1. The summed E-state index contributed by atoms with van der Waals surface area (Å²) in [6.07, 6.45) is 4.59. The molecule has 2 aromatic rings. The number of hydrogen-bond acceptors (Lipinski definition) is 6. The van der Waals surface area contributed by atoms with E-state index >= 15 is 0 Å². The Balaban J connectivity index is 1.35. The molecule has 1 N–H and O–H groups in total. The Bertz CT molecular complexity index is 1030. The zero-order chi connectivity index (χ0) is 22.6. The number of urea groups is 1. The molecule has 11 heteroatoms. The Morgan fingerprint density at radius 2 is 1.56 bits per heavy atom. The van der Waals surface area contributed by atoms with Crippen molar-refractivity contribution in [3.05, 3.63) is 34.5 Å². The summed E-state index contributed by atoms with van der Waals surface area (Å²) < 4.78 is 27.7. The molecule has 2 aliphatic heterocycles. The van der Waals surface area contributed by atoms with Crippen molar-refractivity contribution in [3.63, 3.8) is 0 Å². The van der Waals surface area contributed by atoms with Gasteiger partial charge in [-0.05, 0) is 42.8 Å². The van der Waals surface area contributed by atoms with Gasteiger partial charge in [-0.15, -0.1) is 22.7 Å². The van der Waals surface area contributed by atoms with Crippen LogP contribution in [0.4, 0.5) is 9.80 Å². The van der Waals surface area contributed by atoms with E-state index < -0.39 is 10.0 Å². The van der Waals surface area contributed by atoms with Gasteiger partial charge in [0, 0.05) is 39.3 Å². The summed E-state index contributed by atoms with van der Waals surface area (Å²) in [5.74, 6) is 0.00359. The van der Waals surface area contributed by atoms with Crippen LogP contribution in [0, 0.1) is 0 Å². The molecule has 4 heterocycles. The molecule has 32 heavy (non-hydrogen) atoms. The molecular formula is C21H28N4O4S3. The van der Waals surface area contributed by atoms with Gasteiger partial charge in [-0.1, -0.05) is 18.9 Å². The Kier molecular flexibility index (Phi) is 7.49. The average molecular weight is 497 g/mol. The van der Waals surface area contributed by atoms with E-state index in [4.69, 9.17) is 0 Å². The summed E-state index contributed by atoms with van der Waals surface area (Å²) in [5, 5.41) is 5.24. The van der Waals surface area contributed by atoms with Crippen molar-refractivity contribution in [2.24, 2.45) is 0 Å². The molecule has 0 unspecified atom stereocenters. The van der Waals surface area contributed by atoms with Gasteiger partial charge in [0.2, 0.25) is 0 Å². The molecule has 2 aliphatic rings. The van der Waals surface area contributed by atoms with E-state index in [0.717, 1.165) is 37.0 Å². The Labute approximate surface area is 196 Å². The van der Waals surface area contributed by atoms with E-state index in [1.807, 2.05) is 17.5 Å². The van der Waals surface area contributed by atoms with Gasteiger partial charge >= 0.3 is 6.03 Å². The molecule has 0 radical (unpaired) electrons. The molecule has 174 valence electrons. The van der Waals surface area contributed by atoms with E-state index in [-0.39, 0.29) is 16.1 Å². The highest BCUT2D eigenvalue weighted by molar-refractivity contribution is 7.91. The molecule has 2 saturated heterocycles. The maximum atomic E-state index is 13.0. The summed E-state index contributed by atoms with van der Waals surface area (Å²) in [6.45, 7) is 3.17. The van der Waals surface area contributed by atoms with Gasteiger partial charge in [-0.2, -0.15) is 4.31 Å². The molecule has 2 fully saturated rings. The second kappa shape index (κ2) is 10.3. The molecule has 4 rings (SSSR count). The van der Waals surface area contributed by atoms with E-state index in [1.165, 1.54) is 11.3 Å². The predicted octanol–water partition coefficient (Wildman–Crippen LogP) is 3.75. The number of hydrogen-bond donors (Lipinski definition) is 1. The first-order valence-electron chi connectivity index (χ1n) is 10.9. The minimum absolute atomic E-state index is 0.00359. The fourth-order valence-corrected chi connectivity index (χ4v) is 7.56. The lowest BCUT2D eigenvalue weighted by Gasteiger charge is -2.22. The van der Waals surface area contributed by atoms with Crippen LogP contribution < -0.4 is 5.32 Å². The first-order valence-corrected chi connectivity index (χ1v) is 14.1. The van der Waals surface area contributed by atoms with Crippen LogP contribution >= 0.6 is 22.7 Å². The number of anilines is 1. The summed E-state index contributed by atoms with van der Waals surface area (Å²) in [7, 11) is -3.53. The zero-order valence-corrected chi connectivity index (χ0v) is 20.3. The van der Waals surface area contributed by atoms with Crippen molar-refractivity contribution in [2.75, 3.05) is 44.6 Å². The lowest BCUT2D eigenvalue weighted by Crippen LogP contribution is -2.39. The number of rotatable bonds is 4. The normalized spacial score (nSPS) is 18.8. The number of amides is 3. The van der Waals surface area contributed by atoms with Crippen LogP contribution in [-0.4, -0.2) is 73.7 Å². The number of thiophene rings is 2. The standard InChI is InChI=1S/C21H28N4O4S3/c26-20(17-7-5-16-30-17)23-10-6-11-24(15-14-23)21(27)22-18-8-9-19(31-18)32(28,29)25-12-3-1-2-4-13-25/h5,7-9,16H,1-4,6,10-15H2,(H,22,27). The predicted molar refractivity (Wildman–Crippen MR) is 127 cm³/mol. The van der Waals surface area contributed by atoms with Gasteiger partial charge in [0.15, 0.2) is 0 Å². The van der Waals surface area contributed by atoms with Crippen molar-refractivity contribution in [1.29, 1.82) is 0 Å². The van der Waals surface area contributed by atoms with E-state index in [0.29, 0.717) is 55.6 Å². The SMILES string of the molecule is O=C(Nc1ccc(S(=O)(=O)N2CCCCCC2)s1)N1CCCN(C(=O)c2cccs2)CC1. The molecule has 0 aliphatic carbocycles. The summed E-state index contributed by atoms with van der Waals surface area (Å²) >= 11 is 2.51. The summed E-state index contributed by atoms with van der Waals surface area (Å²) in [4.78, 5) is 29.6. The summed E-state index contributed by atoms with van der Waals surface area (Å²) in [6, 6.07) is 6.63. The van der Waals surface area contributed by atoms with E-state index in [9.17, 15) is 18.0 Å².